The quantitative estimate of drug-likeness (QED) is 0.587. The summed E-state index contributed by atoms with van der Waals surface area (Å²) in [7, 11) is -2.07. The predicted molar refractivity (Wildman–Crippen MR) is 108 cm³/mol. The van der Waals surface area contributed by atoms with Crippen LogP contribution >= 0.6 is 11.3 Å². The Labute approximate surface area is 167 Å². The molecule has 2 aromatic heterocycles. The lowest BCUT2D eigenvalue weighted by atomic mass is 10.1. The highest BCUT2D eigenvalue weighted by molar-refractivity contribution is 7.89. The van der Waals surface area contributed by atoms with E-state index >= 15 is 0 Å². The van der Waals surface area contributed by atoms with E-state index in [1.165, 1.54) is 30.5 Å². The lowest BCUT2D eigenvalue weighted by molar-refractivity contribution is -0.121. The summed E-state index contributed by atoms with van der Waals surface area (Å²) >= 11 is 1.50. The van der Waals surface area contributed by atoms with E-state index in [2.05, 4.69) is 20.0 Å². The van der Waals surface area contributed by atoms with Gasteiger partial charge in [-0.05, 0) is 43.3 Å². The summed E-state index contributed by atoms with van der Waals surface area (Å²) in [4.78, 5) is 20.8. The van der Waals surface area contributed by atoms with Crippen LogP contribution < -0.4 is 10.0 Å². The molecule has 0 saturated heterocycles. The van der Waals surface area contributed by atoms with Crippen molar-refractivity contribution in [3.8, 4) is 11.3 Å². The fourth-order valence-corrected chi connectivity index (χ4v) is 3.99. The molecule has 0 aliphatic carbocycles. The molecule has 0 aliphatic rings. The minimum atomic E-state index is -3.44. The van der Waals surface area contributed by atoms with Gasteiger partial charge in [0.2, 0.25) is 15.9 Å². The predicted octanol–water partition coefficient (Wildman–Crippen LogP) is 2.36. The third kappa shape index (κ3) is 5.22. The van der Waals surface area contributed by atoms with Gasteiger partial charge in [0.15, 0.2) is 0 Å². The van der Waals surface area contributed by atoms with Gasteiger partial charge >= 0.3 is 0 Å². The number of carbonyl (C=O) groups is 1. The summed E-state index contributed by atoms with van der Waals surface area (Å²) in [6.45, 7) is 0.383. The summed E-state index contributed by atoms with van der Waals surface area (Å²) in [5.41, 5.74) is 2.76. The minimum absolute atomic E-state index is 0.0763. The van der Waals surface area contributed by atoms with Crippen LogP contribution in [0.15, 0.2) is 59.1 Å². The molecule has 0 bridgehead atoms. The Morgan fingerprint density at radius 3 is 2.50 bits per heavy atom. The third-order valence-electron chi connectivity index (χ3n) is 4.11. The van der Waals surface area contributed by atoms with Crippen LogP contribution in [0.3, 0.4) is 0 Å². The van der Waals surface area contributed by atoms with Gasteiger partial charge in [0, 0.05) is 29.8 Å². The van der Waals surface area contributed by atoms with Crippen LogP contribution in [0.25, 0.3) is 11.3 Å². The summed E-state index contributed by atoms with van der Waals surface area (Å²) in [5.74, 6) is -0.0763. The van der Waals surface area contributed by atoms with E-state index in [1.54, 1.807) is 24.5 Å². The third-order valence-corrected chi connectivity index (χ3v) is 6.39. The first-order valence-corrected chi connectivity index (χ1v) is 11.0. The number of nitrogens with one attached hydrogen (secondary N) is 2. The number of amides is 1. The van der Waals surface area contributed by atoms with Gasteiger partial charge in [-0.25, -0.2) is 18.1 Å². The number of sulfonamides is 1. The zero-order valence-corrected chi connectivity index (χ0v) is 16.9. The molecule has 7 nitrogen and oxygen atoms in total. The molecule has 9 heteroatoms. The fourth-order valence-electron chi connectivity index (χ4n) is 2.52. The maximum absolute atomic E-state index is 12.1. The molecule has 0 saturated carbocycles. The van der Waals surface area contributed by atoms with Crippen molar-refractivity contribution >= 4 is 27.3 Å². The standard InChI is InChI=1S/C19H20N4O3S2/c1-20-28(25,26)16-5-2-14(3-6-16)4-7-18(24)22-12-19-23-17(13-27-19)15-8-10-21-11-9-15/h2-3,5-6,8-11,13,20H,4,7,12H2,1H3,(H,22,24). The first kappa shape index (κ1) is 20.1. The Morgan fingerprint density at radius 1 is 1.11 bits per heavy atom. The summed E-state index contributed by atoms with van der Waals surface area (Å²) in [6.07, 6.45) is 4.29. The Bertz CT molecular complexity index is 1030. The lowest BCUT2D eigenvalue weighted by Crippen LogP contribution is -2.23. The van der Waals surface area contributed by atoms with Crippen LogP contribution in [0.5, 0.6) is 0 Å². The number of hydrogen-bond acceptors (Lipinski definition) is 6. The van der Waals surface area contributed by atoms with Crippen molar-refractivity contribution in [1.29, 1.82) is 0 Å². The molecule has 146 valence electrons. The topological polar surface area (TPSA) is 101 Å². The Balaban J connectivity index is 1.48. The van der Waals surface area contributed by atoms with E-state index in [-0.39, 0.29) is 10.8 Å². The monoisotopic (exact) mass is 416 g/mol. The molecule has 0 radical (unpaired) electrons. The molecule has 3 aromatic rings. The highest BCUT2D eigenvalue weighted by Crippen LogP contribution is 2.21. The van der Waals surface area contributed by atoms with Crippen molar-refractivity contribution in [2.75, 3.05) is 7.05 Å². The van der Waals surface area contributed by atoms with E-state index in [9.17, 15) is 13.2 Å². The van der Waals surface area contributed by atoms with E-state index in [0.717, 1.165) is 21.8 Å². The van der Waals surface area contributed by atoms with Gasteiger partial charge in [0.25, 0.3) is 0 Å². The molecule has 2 N–H and O–H groups in total. The highest BCUT2D eigenvalue weighted by Gasteiger charge is 2.11. The molecule has 0 atom stereocenters. The van der Waals surface area contributed by atoms with Crippen LogP contribution in [-0.2, 0) is 27.8 Å². The molecule has 1 aromatic carbocycles. The number of nitrogens with zero attached hydrogens (tertiary/aromatic N) is 2. The van der Waals surface area contributed by atoms with E-state index in [4.69, 9.17) is 0 Å². The normalized spacial score (nSPS) is 11.3. The molecular formula is C19H20N4O3S2. The number of rotatable bonds is 8. The van der Waals surface area contributed by atoms with E-state index in [1.807, 2.05) is 17.5 Å². The number of pyridine rings is 1. The smallest absolute Gasteiger partial charge is 0.240 e. The Hall–Kier alpha value is -2.62. The first-order valence-electron chi connectivity index (χ1n) is 8.62. The highest BCUT2D eigenvalue weighted by atomic mass is 32.2. The van der Waals surface area contributed by atoms with Gasteiger partial charge in [-0.2, -0.15) is 0 Å². The number of benzene rings is 1. The van der Waals surface area contributed by atoms with Gasteiger partial charge in [0.1, 0.15) is 5.01 Å². The molecule has 2 heterocycles. The van der Waals surface area contributed by atoms with Crippen molar-refractivity contribution in [3.63, 3.8) is 0 Å². The number of aromatic nitrogens is 2. The summed E-state index contributed by atoms with van der Waals surface area (Å²) < 4.78 is 25.7. The van der Waals surface area contributed by atoms with Gasteiger partial charge in [0.05, 0.1) is 17.1 Å². The van der Waals surface area contributed by atoms with Crippen LogP contribution in [-0.4, -0.2) is 31.3 Å². The van der Waals surface area contributed by atoms with Gasteiger partial charge in [-0.15, -0.1) is 11.3 Å². The van der Waals surface area contributed by atoms with Crippen molar-refractivity contribution in [2.24, 2.45) is 0 Å². The van der Waals surface area contributed by atoms with Gasteiger partial charge < -0.3 is 5.32 Å². The molecule has 0 unspecified atom stereocenters. The van der Waals surface area contributed by atoms with Gasteiger partial charge in [-0.3, -0.25) is 9.78 Å². The second-order valence-electron chi connectivity index (χ2n) is 5.99. The fraction of sp³-hybridized carbons (Fsp3) is 0.211. The molecule has 1 amide bonds. The number of thiazole rings is 1. The van der Waals surface area contributed by atoms with Crippen LogP contribution in [0.1, 0.15) is 17.0 Å². The molecule has 0 spiro atoms. The van der Waals surface area contributed by atoms with Crippen LogP contribution in [0.4, 0.5) is 0 Å². The van der Waals surface area contributed by atoms with Crippen molar-refractivity contribution in [3.05, 3.63) is 64.7 Å². The molecule has 28 heavy (non-hydrogen) atoms. The van der Waals surface area contributed by atoms with Crippen LogP contribution in [0, 0.1) is 0 Å². The zero-order chi connectivity index (χ0) is 20.0. The summed E-state index contributed by atoms with van der Waals surface area (Å²) in [5, 5.41) is 5.66. The Kier molecular flexibility index (Phi) is 6.50. The first-order chi connectivity index (χ1) is 13.5. The molecule has 3 rings (SSSR count). The number of aryl methyl sites for hydroxylation is 1. The maximum atomic E-state index is 12.1. The Morgan fingerprint density at radius 2 is 1.82 bits per heavy atom. The van der Waals surface area contributed by atoms with Crippen molar-refractivity contribution < 1.29 is 13.2 Å². The largest absolute Gasteiger partial charge is 0.350 e. The second kappa shape index (κ2) is 9.05. The second-order valence-corrected chi connectivity index (χ2v) is 8.82. The zero-order valence-electron chi connectivity index (χ0n) is 15.3. The average Bonchev–Trinajstić information content (AvgIpc) is 3.21. The lowest BCUT2D eigenvalue weighted by Gasteiger charge is -2.05. The maximum Gasteiger partial charge on any atom is 0.240 e. The van der Waals surface area contributed by atoms with E-state index in [0.29, 0.717) is 19.4 Å². The van der Waals surface area contributed by atoms with Crippen LogP contribution in [0.2, 0.25) is 0 Å². The minimum Gasteiger partial charge on any atom is -0.350 e. The average molecular weight is 417 g/mol. The molecular weight excluding hydrogens is 396 g/mol. The molecule has 0 aliphatic heterocycles. The SMILES string of the molecule is CNS(=O)(=O)c1ccc(CCC(=O)NCc2nc(-c3ccncc3)cs2)cc1. The molecule has 0 fully saturated rings. The van der Waals surface area contributed by atoms with E-state index < -0.39 is 10.0 Å². The van der Waals surface area contributed by atoms with Crippen molar-refractivity contribution in [2.45, 2.75) is 24.3 Å². The number of hydrogen-bond donors (Lipinski definition) is 2. The van der Waals surface area contributed by atoms with Crippen molar-refractivity contribution in [1.82, 2.24) is 20.0 Å². The number of carbonyl (C=O) groups excluding carboxylic acids is 1. The van der Waals surface area contributed by atoms with Gasteiger partial charge in [-0.1, -0.05) is 12.1 Å². The summed E-state index contributed by atoms with van der Waals surface area (Å²) in [6, 6.07) is 10.3.